The average molecular weight is 355 g/mol. The number of benzene rings is 1. The molecule has 1 aliphatic heterocycles. The molecular weight excluding hydrogens is 336 g/mol. The van der Waals surface area contributed by atoms with Crippen molar-refractivity contribution in [3.8, 4) is 0 Å². The van der Waals surface area contributed by atoms with Crippen LogP contribution in [0.3, 0.4) is 0 Å². The van der Waals surface area contributed by atoms with E-state index in [-0.39, 0.29) is 12.5 Å². The molecule has 0 bridgehead atoms. The van der Waals surface area contributed by atoms with Gasteiger partial charge in [0.05, 0.1) is 5.69 Å². The van der Waals surface area contributed by atoms with E-state index < -0.39 is 6.10 Å². The number of hydrogen-bond donors (Lipinski definition) is 3. The average Bonchev–Trinajstić information content (AvgIpc) is 2.67. The summed E-state index contributed by atoms with van der Waals surface area (Å²) in [5.74, 6) is -0.375. The predicted molar refractivity (Wildman–Crippen MR) is 84.4 cm³/mol. The second-order valence-corrected chi connectivity index (χ2v) is 6.49. The summed E-state index contributed by atoms with van der Waals surface area (Å²) in [4.78, 5) is 13.9. The Bertz CT molecular complexity index is 560. The summed E-state index contributed by atoms with van der Waals surface area (Å²) in [5, 5.41) is 21.6. The zero-order valence-electron chi connectivity index (χ0n) is 11.7. The van der Waals surface area contributed by atoms with Crippen LogP contribution < -0.4 is 10.2 Å². The lowest BCUT2D eigenvalue weighted by atomic mass is 9.90. The molecule has 21 heavy (non-hydrogen) atoms. The van der Waals surface area contributed by atoms with Gasteiger partial charge in [-0.05, 0) is 53.7 Å². The van der Waals surface area contributed by atoms with Gasteiger partial charge < -0.3 is 20.4 Å². The van der Waals surface area contributed by atoms with Gasteiger partial charge in [0, 0.05) is 34.9 Å². The van der Waals surface area contributed by atoms with Crippen LogP contribution in [0.1, 0.15) is 37.4 Å². The molecule has 1 unspecified atom stereocenters. The second-order valence-electron chi connectivity index (χ2n) is 5.64. The number of halogens is 1. The molecule has 114 valence electrons. The first kappa shape index (κ1) is 14.8. The molecule has 1 heterocycles. The highest BCUT2D eigenvalue weighted by Crippen LogP contribution is 2.41. The van der Waals surface area contributed by atoms with Gasteiger partial charge in [-0.2, -0.15) is 0 Å². The minimum absolute atomic E-state index is 0.168. The third-order valence-corrected chi connectivity index (χ3v) is 4.94. The van der Waals surface area contributed by atoms with Gasteiger partial charge in [0.1, 0.15) is 0 Å². The van der Waals surface area contributed by atoms with Gasteiger partial charge in [-0.1, -0.05) is 0 Å². The van der Waals surface area contributed by atoms with E-state index in [1.165, 1.54) is 6.42 Å². The van der Waals surface area contributed by atoms with E-state index in [0.717, 1.165) is 36.0 Å². The van der Waals surface area contributed by atoms with Crippen molar-refractivity contribution in [1.29, 1.82) is 0 Å². The van der Waals surface area contributed by atoms with Gasteiger partial charge in [-0.25, -0.2) is 0 Å². The number of nitrogens with zero attached hydrogens (tertiary/aromatic N) is 1. The first-order valence-corrected chi connectivity index (χ1v) is 8.11. The number of carbonyl (C=O) groups is 1. The van der Waals surface area contributed by atoms with Gasteiger partial charge in [0.25, 0.3) is 5.91 Å². The highest BCUT2D eigenvalue weighted by molar-refractivity contribution is 9.10. The lowest BCUT2D eigenvalue weighted by Gasteiger charge is -2.40. The van der Waals surface area contributed by atoms with Crippen LogP contribution in [0.15, 0.2) is 16.6 Å². The SMILES string of the molecule is O=C1Nc2cc(N(CCCO)C3CCC3)c(Br)cc2C1O. The van der Waals surface area contributed by atoms with E-state index in [1.807, 2.05) is 12.1 Å². The van der Waals surface area contributed by atoms with E-state index in [0.29, 0.717) is 17.3 Å². The largest absolute Gasteiger partial charge is 0.396 e. The maximum Gasteiger partial charge on any atom is 0.257 e. The zero-order chi connectivity index (χ0) is 15.0. The van der Waals surface area contributed by atoms with Gasteiger partial charge in [-0.3, -0.25) is 4.79 Å². The van der Waals surface area contributed by atoms with Gasteiger partial charge >= 0.3 is 0 Å². The van der Waals surface area contributed by atoms with E-state index in [2.05, 4.69) is 26.1 Å². The maximum absolute atomic E-state index is 11.6. The molecule has 0 radical (unpaired) electrons. The summed E-state index contributed by atoms with van der Waals surface area (Å²) >= 11 is 3.56. The van der Waals surface area contributed by atoms with Crippen LogP contribution in [0.5, 0.6) is 0 Å². The third kappa shape index (κ3) is 2.67. The zero-order valence-corrected chi connectivity index (χ0v) is 13.3. The van der Waals surface area contributed by atoms with Crippen LogP contribution in [0.25, 0.3) is 0 Å². The number of aliphatic hydroxyl groups excluding tert-OH is 2. The van der Waals surface area contributed by atoms with Gasteiger partial charge in [0.2, 0.25) is 0 Å². The molecule has 1 saturated carbocycles. The Morgan fingerprint density at radius 3 is 2.76 bits per heavy atom. The number of fused-ring (bicyclic) bond motifs is 1. The van der Waals surface area contributed by atoms with E-state index >= 15 is 0 Å². The second kappa shape index (κ2) is 5.94. The molecule has 3 N–H and O–H groups in total. The normalized spacial score (nSPS) is 20.9. The number of nitrogens with one attached hydrogen (secondary N) is 1. The smallest absolute Gasteiger partial charge is 0.257 e. The fraction of sp³-hybridized carbons (Fsp3) is 0.533. The Morgan fingerprint density at radius 2 is 2.14 bits per heavy atom. The predicted octanol–water partition coefficient (Wildman–Crippen LogP) is 2.18. The number of anilines is 2. The molecule has 1 amide bonds. The number of rotatable bonds is 5. The quantitative estimate of drug-likeness (QED) is 0.757. The van der Waals surface area contributed by atoms with Crippen molar-refractivity contribution >= 4 is 33.2 Å². The number of amides is 1. The summed E-state index contributed by atoms with van der Waals surface area (Å²) in [6, 6.07) is 4.23. The molecule has 1 fully saturated rings. The molecule has 0 aromatic heterocycles. The minimum Gasteiger partial charge on any atom is -0.396 e. The first-order chi connectivity index (χ1) is 10.1. The summed E-state index contributed by atoms with van der Waals surface area (Å²) in [7, 11) is 0. The standard InChI is InChI=1S/C15H19BrN2O3/c16-11-7-10-12(17-15(21)14(10)20)8-13(11)18(5-2-6-19)9-3-1-4-9/h7-9,14,19-20H,1-6H2,(H,17,21). The number of hydrogen-bond acceptors (Lipinski definition) is 4. The van der Waals surface area contributed by atoms with E-state index in [1.54, 1.807) is 0 Å². The molecule has 1 aliphatic carbocycles. The molecule has 3 rings (SSSR count). The molecule has 5 nitrogen and oxygen atoms in total. The summed E-state index contributed by atoms with van der Waals surface area (Å²) < 4.78 is 0.877. The highest BCUT2D eigenvalue weighted by Gasteiger charge is 2.32. The molecule has 1 aromatic rings. The Balaban J connectivity index is 1.93. The topological polar surface area (TPSA) is 72.8 Å². The maximum atomic E-state index is 11.6. The van der Waals surface area contributed by atoms with Crippen LogP contribution in [0.2, 0.25) is 0 Å². The van der Waals surface area contributed by atoms with E-state index in [4.69, 9.17) is 5.11 Å². The van der Waals surface area contributed by atoms with Crippen LogP contribution >= 0.6 is 15.9 Å². The lowest BCUT2D eigenvalue weighted by molar-refractivity contribution is -0.123. The molecule has 0 spiro atoms. The monoisotopic (exact) mass is 354 g/mol. The Morgan fingerprint density at radius 1 is 1.38 bits per heavy atom. The van der Waals surface area contributed by atoms with Crippen molar-refractivity contribution in [2.45, 2.75) is 37.8 Å². The van der Waals surface area contributed by atoms with Crippen molar-refractivity contribution in [3.05, 3.63) is 22.2 Å². The summed E-state index contributed by atoms with van der Waals surface area (Å²) in [6.07, 6.45) is 3.18. The Hall–Kier alpha value is -1.11. The summed E-state index contributed by atoms with van der Waals surface area (Å²) in [6.45, 7) is 0.955. The van der Waals surface area contributed by atoms with Crippen molar-refractivity contribution < 1.29 is 15.0 Å². The van der Waals surface area contributed by atoms with Crippen molar-refractivity contribution in [2.75, 3.05) is 23.4 Å². The lowest BCUT2D eigenvalue weighted by Crippen LogP contribution is -2.41. The van der Waals surface area contributed by atoms with Gasteiger partial charge in [0.15, 0.2) is 6.10 Å². The Labute approximate surface area is 132 Å². The fourth-order valence-electron chi connectivity index (χ4n) is 2.91. The Kier molecular flexibility index (Phi) is 4.19. The molecule has 1 atom stereocenters. The minimum atomic E-state index is -1.08. The van der Waals surface area contributed by atoms with Crippen LogP contribution in [0, 0.1) is 0 Å². The molecule has 0 saturated heterocycles. The van der Waals surface area contributed by atoms with E-state index in [9.17, 15) is 9.90 Å². The van der Waals surface area contributed by atoms with Gasteiger partial charge in [-0.15, -0.1) is 0 Å². The highest BCUT2D eigenvalue weighted by atomic mass is 79.9. The van der Waals surface area contributed by atoms with Crippen LogP contribution in [-0.4, -0.2) is 35.3 Å². The van der Waals surface area contributed by atoms with Crippen LogP contribution in [-0.2, 0) is 4.79 Å². The molecule has 1 aromatic carbocycles. The van der Waals surface area contributed by atoms with Crippen molar-refractivity contribution in [2.24, 2.45) is 0 Å². The molecular formula is C15H19BrN2O3. The first-order valence-electron chi connectivity index (χ1n) is 7.31. The van der Waals surface area contributed by atoms with Crippen molar-refractivity contribution in [3.63, 3.8) is 0 Å². The summed E-state index contributed by atoms with van der Waals surface area (Å²) in [5.41, 5.74) is 2.31. The fourth-order valence-corrected chi connectivity index (χ4v) is 3.50. The van der Waals surface area contributed by atoms with Crippen LogP contribution in [0.4, 0.5) is 11.4 Å². The molecule has 2 aliphatic rings. The number of aliphatic hydroxyl groups is 2. The third-order valence-electron chi connectivity index (χ3n) is 4.30. The number of carbonyl (C=O) groups excluding carboxylic acids is 1. The molecule has 6 heteroatoms. The van der Waals surface area contributed by atoms with Crippen molar-refractivity contribution in [1.82, 2.24) is 0 Å².